The smallest absolute Gasteiger partial charge is 0.141 e. The van der Waals surface area contributed by atoms with E-state index in [9.17, 15) is 0 Å². The Labute approximate surface area is 124 Å². The van der Waals surface area contributed by atoms with E-state index in [-0.39, 0.29) is 0 Å². The lowest BCUT2D eigenvalue weighted by Crippen LogP contribution is -2.14. The summed E-state index contributed by atoms with van der Waals surface area (Å²) in [7, 11) is 0. The molecule has 3 nitrogen and oxygen atoms in total. The average molecular weight is 286 g/mol. The van der Waals surface area contributed by atoms with Crippen LogP contribution >= 0.6 is 12.2 Å². The molecule has 0 atom stereocenters. The van der Waals surface area contributed by atoms with Gasteiger partial charge in [-0.25, -0.2) is 0 Å². The summed E-state index contributed by atoms with van der Waals surface area (Å²) in [6.07, 6.45) is 0. The highest BCUT2D eigenvalue weighted by atomic mass is 32.1. The topological polar surface area (TPSA) is 48.1 Å². The summed E-state index contributed by atoms with van der Waals surface area (Å²) < 4.78 is 6.01. The Morgan fingerprint density at radius 2 is 1.80 bits per heavy atom. The molecule has 0 unspecified atom stereocenters. The SMILES string of the molecule is Cc1ccc(Oc2cc(C)nc(C)c2C(N)=S)c(C)c1. The molecule has 0 aliphatic rings. The van der Waals surface area contributed by atoms with E-state index < -0.39 is 0 Å². The van der Waals surface area contributed by atoms with Gasteiger partial charge < -0.3 is 10.5 Å². The molecule has 0 radical (unpaired) electrons. The number of benzene rings is 1. The van der Waals surface area contributed by atoms with Crippen LogP contribution in [-0.2, 0) is 0 Å². The second-order valence-electron chi connectivity index (χ2n) is 4.96. The molecule has 1 aromatic carbocycles. The molecule has 2 aromatic rings. The minimum Gasteiger partial charge on any atom is -0.456 e. The van der Waals surface area contributed by atoms with Crippen LogP contribution in [0.3, 0.4) is 0 Å². The van der Waals surface area contributed by atoms with Gasteiger partial charge in [-0.2, -0.15) is 0 Å². The number of pyridine rings is 1. The summed E-state index contributed by atoms with van der Waals surface area (Å²) in [6.45, 7) is 7.88. The van der Waals surface area contributed by atoms with Crippen LogP contribution in [0.4, 0.5) is 0 Å². The first-order valence-electron chi connectivity index (χ1n) is 6.41. The molecule has 0 aliphatic heterocycles. The van der Waals surface area contributed by atoms with Gasteiger partial charge in [0.15, 0.2) is 0 Å². The number of nitrogens with two attached hydrogens (primary N) is 1. The number of nitrogens with zero attached hydrogens (tertiary/aromatic N) is 1. The van der Waals surface area contributed by atoms with Crippen molar-refractivity contribution in [3.05, 3.63) is 52.3 Å². The number of rotatable bonds is 3. The zero-order chi connectivity index (χ0) is 14.9. The number of hydrogen-bond acceptors (Lipinski definition) is 3. The van der Waals surface area contributed by atoms with Crippen LogP contribution in [0.25, 0.3) is 0 Å². The number of thiocarbonyl (C=S) groups is 1. The molecule has 4 heteroatoms. The lowest BCUT2D eigenvalue weighted by Gasteiger charge is -2.15. The van der Waals surface area contributed by atoms with Crippen molar-refractivity contribution in [3.8, 4) is 11.5 Å². The predicted molar refractivity (Wildman–Crippen MR) is 85.6 cm³/mol. The summed E-state index contributed by atoms with van der Waals surface area (Å²) in [4.78, 5) is 4.69. The number of hydrogen-bond donors (Lipinski definition) is 1. The fourth-order valence-corrected chi connectivity index (χ4v) is 2.45. The van der Waals surface area contributed by atoms with Gasteiger partial charge in [0.1, 0.15) is 16.5 Å². The van der Waals surface area contributed by atoms with Crippen LogP contribution in [0.5, 0.6) is 11.5 Å². The molecular formula is C16H18N2OS. The summed E-state index contributed by atoms with van der Waals surface area (Å²) in [5.74, 6) is 1.47. The molecular weight excluding hydrogens is 268 g/mol. The molecule has 0 saturated heterocycles. The Kier molecular flexibility index (Phi) is 4.04. The minimum atomic E-state index is 0.301. The van der Waals surface area contributed by atoms with Crippen molar-refractivity contribution in [2.45, 2.75) is 27.7 Å². The van der Waals surface area contributed by atoms with Gasteiger partial charge in [0.2, 0.25) is 0 Å². The molecule has 1 heterocycles. The second kappa shape index (κ2) is 5.59. The maximum atomic E-state index is 6.01. The fourth-order valence-electron chi connectivity index (χ4n) is 2.21. The van der Waals surface area contributed by atoms with E-state index in [4.69, 9.17) is 22.7 Å². The van der Waals surface area contributed by atoms with E-state index in [0.717, 1.165) is 22.7 Å². The third-order valence-electron chi connectivity index (χ3n) is 3.09. The Morgan fingerprint density at radius 1 is 1.10 bits per heavy atom. The first-order chi connectivity index (χ1) is 9.38. The van der Waals surface area contributed by atoms with Crippen LogP contribution in [0.15, 0.2) is 24.3 Å². The zero-order valence-electron chi connectivity index (χ0n) is 12.2. The molecule has 2 rings (SSSR count). The molecule has 20 heavy (non-hydrogen) atoms. The highest BCUT2D eigenvalue weighted by Gasteiger charge is 2.14. The van der Waals surface area contributed by atoms with Gasteiger partial charge in [-0.3, -0.25) is 4.98 Å². The predicted octanol–water partition coefficient (Wildman–Crippen LogP) is 3.74. The fraction of sp³-hybridized carbons (Fsp3) is 0.250. The summed E-state index contributed by atoms with van der Waals surface area (Å²) >= 11 is 5.11. The molecule has 0 saturated carbocycles. The standard InChI is InChI=1S/C16H18N2OS/c1-9-5-6-13(10(2)7-9)19-14-8-11(3)18-12(4)15(14)16(17)20/h5-8H,1-4H3,(H2,17,20). The molecule has 104 valence electrons. The van der Waals surface area contributed by atoms with Crippen LogP contribution in [0, 0.1) is 27.7 Å². The van der Waals surface area contributed by atoms with Crippen molar-refractivity contribution in [2.75, 3.05) is 0 Å². The molecule has 0 amide bonds. The van der Waals surface area contributed by atoms with E-state index >= 15 is 0 Å². The highest BCUT2D eigenvalue weighted by molar-refractivity contribution is 7.80. The highest BCUT2D eigenvalue weighted by Crippen LogP contribution is 2.30. The first-order valence-corrected chi connectivity index (χ1v) is 6.82. The van der Waals surface area contributed by atoms with Crippen LogP contribution < -0.4 is 10.5 Å². The van der Waals surface area contributed by atoms with Crippen LogP contribution in [0.2, 0.25) is 0 Å². The number of ether oxygens (including phenoxy) is 1. The van der Waals surface area contributed by atoms with Gasteiger partial charge in [-0.1, -0.05) is 29.9 Å². The summed E-state index contributed by atoms with van der Waals surface area (Å²) in [5.41, 5.74) is 10.4. The van der Waals surface area contributed by atoms with E-state index in [2.05, 4.69) is 18.0 Å². The van der Waals surface area contributed by atoms with Crippen molar-refractivity contribution in [2.24, 2.45) is 5.73 Å². The first kappa shape index (κ1) is 14.5. The van der Waals surface area contributed by atoms with Crippen molar-refractivity contribution >= 4 is 17.2 Å². The Balaban J connectivity index is 2.50. The van der Waals surface area contributed by atoms with Crippen molar-refractivity contribution < 1.29 is 4.74 Å². The van der Waals surface area contributed by atoms with Gasteiger partial charge in [-0.05, 0) is 39.3 Å². The molecule has 1 aromatic heterocycles. The zero-order valence-corrected chi connectivity index (χ0v) is 13.0. The third-order valence-corrected chi connectivity index (χ3v) is 3.29. The monoisotopic (exact) mass is 286 g/mol. The van der Waals surface area contributed by atoms with Gasteiger partial charge in [0, 0.05) is 11.8 Å². The van der Waals surface area contributed by atoms with E-state index in [1.165, 1.54) is 5.56 Å². The van der Waals surface area contributed by atoms with Crippen molar-refractivity contribution in [3.63, 3.8) is 0 Å². The molecule has 0 aliphatic carbocycles. The lowest BCUT2D eigenvalue weighted by molar-refractivity contribution is 0.476. The maximum Gasteiger partial charge on any atom is 0.141 e. The second-order valence-corrected chi connectivity index (χ2v) is 5.40. The van der Waals surface area contributed by atoms with E-state index in [1.807, 2.05) is 39.0 Å². The van der Waals surface area contributed by atoms with Crippen LogP contribution in [0.1, 0.15) is 28.1 Å². The van der Waals surface area contributed by atoms with E-state index in [1.54, 1.807) is 0 Å². The maximum absolute atomic E-state index is 6.01. The number of aryl methyl sites for hydroxylation is 4. The Morgan fingerprint density at radius 3 is 2.40 bits per heavy atom. The molecule has 0 spiro atoms. The Hall–Kier alpha value is -1.94. The largest absolute Gasteiger partial charge is 0.456 e. The minimum absolute atomic E-state index is 0.301. The van der Waals surface area contributed by atoms with Gasteiger partial charge in [0.05, 0.1) is 11.3 Å². The summed E-state index contributed by atoms with van der Waals surface area (Å²) in [5, 5.41) is 0. The number of aromatic nitrogens is 1. The third kappa shape index (κ3) is 2.96. The van der Waals surface area contributed by atoms with Gasteiger partial charge in [0.25, 0.3) is 0 Å². The summed E-state index contributed by atoms with van der Waals surface area (Å²) in [6, 6.07) is 7.92. The quantitative estimate of drug-likeness (QED) is 0.873. The normalized spacial score (nSPS) is 10.4. The molecule has 0 bridgehead atoms. The Bertz CT molecular complexity index is 680. The van der Waals surface area contributed by atoms with Gasteiger partial charge >= 0.3 is 0 Å². The lowest BCUT2D eigenvalue weighted by atomic mass is 10.1. The van der Waals surface area contributed by atoms with Gasteiger partial charge in [-0.15, -0.1) is 0 Å². The van der Waals surface area contributed by atoms with Crippen molar-refractivity contribution in [1.29, 1.82) is 0 Å². The van der Waals surface area contributed by atoms with Crippen molar-refractivity contribution in [1.82, 2.24) is 4.98 Å². The average Bonchev–Trinajstić information content (AvgIpc) is 2.31. The molecule has 2 N–H and O–H groups in total. The van der Waals surface area contributed by atoms with Crippen LogP contribution in [-0.4, -0.2) is 9.97 Å². The van der Waals surface area contributed by atoms with E-state index in [0.29, 0.717) is 16.3 Å². The molecule has 0 fully saturated rings.